The molecule has 7 heteroatoms. The molecule has 1 aromatic rings. The number of nitrogens with one attached hydrogen (secondary N) is 2. The van der Waals surface area contributed by atoms with Crippen molar-refractivity contribution in [3.63, 3.8) is 0 Å². The molecule has 1 saturated heterocycles. The second-order valence-electron chi connectivity index (χ2n) is 6.74. The summed E-state index contributed by atoms with van der Waals surface area (Å²) in [5, 5.41) is 6.17. The zero-order chi connectivity index (χ0) is 16.8. The summed E-state index contributed by atoms with van der Waals surface area (Å²) >= 11 is 0. The van der Waals surface area contributed by atoms with Crippen molar-refractivity contribution >= 4 is 35.8 Å². The number of carbonyl (C=O) groups is 1. The zero-order valence-electron chi connectivity index (χ0n) is 14.9. The molecule has 3 rings (SSSR count). The molecule has 0 bridgehead atoms. The van der Waals surface area contributed by atoms with Crippen LogP contribution in [0.1, 0.15) is 38.4 Å². The Kier molecular flexibility index (Phi) is 8.05. The van der Waals surface area contributed by atoms with Crippen molar-refractivity contribution in [1.29, 1.82) is 0 Å². The molecule has 1 aromatic heterocycles. The minimum atomic E-state index is -0.0848. The first-order chi connectivity index (χ1) is 11.8. The summed E-state index contributed by atoms with van der Waals surface area (Å²) in [7, 11) is 0. The number of aliphatic imine (C=N–C) groups is 1. The van der Waals surface area contributed by atoms with Gasteiger partial charge in [-0.3, -0.25) is 4.79 Å². The van der Waals surface area contributed by atoms with Gasteiger partial charge in [0.2, 0.25) is 5.91 Å². The zero-order valence-corrected chi connectivity index (χ0v) is 17.2. The Hall–Kier alpha value is -1.25. The summed E-state index contributed by atoms with van der Waals surface area (Å²) in [5.41, 5.74) is 0. The highest BCUT2D eigenvalue weighted by Gasteiger charge is 2.35. The van der Waals surface area contributed by atoms with Gasteiger partial charge in [-0.25, -0.2) is 4.99 Å². The number of amides is 1. The van der Waals surface area contributed by atoms with E-state index in [1.54, 1.807) is 6.26 Å². The van der Waals surface area contributed by atoms with E-state index in [9.17, 15) is 4.79 Å². The molecule has 1 aliphatic heterocycles. The lowest BCUT2D eigenvalue weighted by Gasteiger charge is -2.22. The molecule has 25 heavy (non-hydrogen) atoms. The molecule has 2 fully saturated rings. The topological polar surface area (TPSA) is 69.9 Å². The van der Waals surface area contributed by atoms with Crippen molar-refractivity contribution in [2.75, 3.05) is 26.2 Å². The molecular formula is C18H29IN4O2. The number of furan rings is 1. The van der Waals surface area contributed by atoms with Crippen LogP contribution in [0.4, 0.5) is 0 Å². The molecule has 2 N–H and O–H groups in total. The Morgan fingerprint density at radius 3 is 2.60 bits per heavy atom. The summed E-state index contributed by atoms with van der Waals surface area (Å²) in [6.07, 6.45) is 7.00. The van der Waals surface area contributed by atoms with E-state index in [4.69, 9.17) is 4.42 Å². The average Bonchev–Trinajstić information content (AvgIpc) is 3.25. The van der Waals surface area contributed by atoms with E-state index in [2.05, 4.69) is 27.4 Å². The number of nitrogens with zero attached hydrogens (tertiary/aromatic N) is 2. The second kappa shape index (κ2) is 10.0. The van der Waals surface area contributed by atoms with Gasteiger partial charge in [0.25, 0.3) is 0 Å². The summed E-state index contributed by atoms with van der Waals surface area (Å²) in [4.78, 5) is 18.9. The Morgan fingerprint density at radius 2 is 2.00 bits per heavy atom. The van der Waals surface area contributed by atoms with Gasteiger partial charge in [0.15, 0.2) is 5.96 Å². The summed E-state index contributed by atoms with van der Waals surface area (Å²) < 4.78 is 5.21. The first-order valence-electron chi connectivity index (χ1n) is 9.08. The molecular weight excluding hydrogens is 431 g/mol. The van der Waals surface area contributed by atoms with Crippen LogP contribution in [0, 0.1) is 11.8 Å². The standard InChI is InChI=1S/C18H28N4O2.HI/c1-2-19-18(22-12-14-6-3-4-7-15(14)13-22)21-11-17(23)20-10-16-8-5-9-24-16;/h5,8-9,14-15H,2-4,6-7,10-13H2,1H3,(H,19,21)(H,20,23);1H. The van der Waals surface area contributed by atoms with Crippen molar-refractivity contribution in [2.24, 2.45) is 16.8 Å². The van der Waals surface area contributed by atoms with Crippen LogP contribution in [-0.4, -0.2) is 42.9 Å². The highest BCUT2D eigenvalue weighted by molar-refractivity contribution is 14.0. The van der Waals surface area contributed by atoms with Crippen LogP contribution in [0.2, 0.25) is 0 Å². The van der Waals surface area contributed by atoms with E-state index in [-0.39, 0.29) is 36.4 Å². The van der Waals surface area contributed by atoms with Gasteiger partial charge in [0, 0.05) is 19.6 Å². The minimum Gasteiger partial charge on any atom is -0.467 e. The van der Waals surface area contributed by atoms with Crippen LogP contribution in [0.25, 0.3) is 0 Å². The summed E-state index contributed by atoms with van der Waals surface area (Å²) in [6, 6.07) is 3.66. The molecule has 1 amide bonds. The molecule has 0 radical (unpaired) electrons. The van der Waals surface area contributed by atoms with Crippen molar-refractivity contribution in [1.82, 2.24) is 15.5 Å². The van der Waals surface area contributed by atoms with Crippen molar-refractivity contribution in [2.45, 2.75) is 39.2 Å². The van der Waals surface area contributed by atoms with Crippen LogP contribution >= 0.6 is 24.0 Å². The fourth-order valence-electron chi connectivity index (χ4n) is 3.81. The first kappa shape index (κ1) is 20.1. The van der Waals surface area contributed by atoms with Crippen LogP contribution < -0.4 is 10.6 Å². The van der Waals surface area contributed by atoms with Crippen LogP contribution in [0.5, 0.6) is 0 Å². The van der Waals surface area contributed by atoms with Crippen LogP contribution in [0.3, 0.4) is 0 Å². The third kappa shape index (κ3) is 5.62. The molecule has 1 saturated carbocycles. The summed E-state index contributed by atoms with van der Waals surface area (Å²) in [5.74, 6) is 3.15. The first-order valence-corrected chi connectivity index (χ1v) is 9.08. The number of hydrogen-bond donors (Lipinski definition) is 2. The lowest BCUT2D eigenvalue weighted by molar-refractivity contribution is -0.119. The number of halogens is 1. The average molecular weight is 460 g/mol. The van der Waals surface area contributed by atoms with Gasteiger partial charge in [-0.15, -0.1) is 24.0 Å². The maximum absolute atomic E-state index is 12.0. The van der Waals surface area contributed by atoms with Crippen molar-refractivity contribution in [3.8, 4) is 0 Å². The lowest BCUT2D eigenvalue weighted by Crippen LogP contribution is -2.41. The molecule has 140 valence electrons. The van der Waals surface area contributed by atoms with E-state index in [1.807, 2.05) is 12.1 Å². The molecule has 2 aliphatic rings. The van der Waals surface area contributed by atoms with Gasteiger partial charge < -0.3 is 20.0 Å². The molecule has 2 atom stereocenters. The van der Waals surface area contributed by atoms with Gasteiger partial charge in [-0.05, 0) is 43.7 Å². The predicted molar refractivity (Wildman–Crippen MR) is 109 cm³/mol. The molecule has 6 nitrogen and oxygen atoms in total. The van der Waals surface area contributed by atoms with E-state index < -0.39 is 0 Å². The number of hydrogen-bond acceptors (Lipinski definition) is 3. The lowest BCUT2D eigenvalue weighted by atomic mass is 9.82. The van der Waals surface area contributed by atoms with Crippen LogP contribution in [-0.2, 0) is 11.3 Å². The Morgan fingerprint density at radius 1 is 1.28 bits per heavy atom. The smallest absolute Gasteiger partial charge is 0.242 e. The maximum atomic E-state index is 12.0. The Balaban J connectivity index is 0.00000225. The minimum absolute atomic E-state index is 0. The highest BCUT2D eigenvalue weighted by Crippen LogP contribution is 2.35. The molecule has 0 spiro atoms. The number of rotatable bonds is 5. The van der Waals surface area contributed by atoms with E-state index >= 15 is 0 Å². The molecule has 1 aliphatic carbocycles. The second-order valence-corrected chi connectivity index (χ2v) is 6.74. The van der Waals surface area contributed by atoms with Crippen molar-refractivity contribution in [3.05, 3.63) is 24.2 Å². The Bertz CT molecular complexity index is 547. The number of guanidine groups is 1. The van der Waals surface area contributed by atoms with Crippen molar-refractivity contribution < 1.29 is 9.21 Å². The largest absolute Gasteiger partial charge is 0.467 e. The van der Waals surface area contributed by atoms with E-state index in [0.29, 0.717) is 6.54 Å². The molecule has 0 aromatic carbocycles. The number of likely N-dealkylation sites (tertiary alicyclic amines) is 1. The number of carbonyl (C=O) groups excluding carboxylic acids is 1. The third-order valence-electron chi connectivity index (χ3n) is 5.02. The van der Waals surface area contributed by atoms with E-state index in [1.165, 1.54) is 25.7 Å². The van der Waals surface area contributed by atoms with Gasteiger partial charge >= 0.3 is 0 Å². The normalized spacial score (nSPS) is 22.9. The highest BCUT2D eigenvalue weighted by atomic mass is 127. The summed E-state index contributed by atoms with van der Waals surface area (Å²) in [6.45, 7) is 5.59. The SMILES string of the molecule is CCNC(=NCC(=O)NCc1ccco1)N1CC2CCCCC2C1.I. The monoisotopic (exact) mass is 460 g/mol. The Labute approximate surface area is 166 Å². The maximum Gasteiger partial charge on any atom is 0.242 e. The van der Waals surface area contributed by atoms with Gasteiger partial charge in [0.05, 0.1) is 12.8 Å². The van der Waals surface area contributed by atoms with Gasteiger partial charge in [0.1, 0.15) is 12.3 Å². The van der Waals surface area contributed by atoms with E-state index in [0.717, 1.165) is 43.2 Å². The molecule has 2 heterocycles. The third-order valence-corrected chi connectivity index (χ3v) is 5.02. The van der Waals surface area contributed by atoms with Gasteiger partial charge in [-0.2, -0.15) is 0 Å². The fourth-order valence-corrected chi connectivity index (χ4v) is 3.81. The van der Waals surface area contributed by atoms with Crippen LogP contribution in [0.15, 0.2) is 27.8 Å². The fraction of sp³-hybridized carbons (Fsp3) is 0.667. The quantitative estimate of drug-likeness (QED) is 0.403. The number of fused-ring (bicyclic) bond motifs is 1. The molecule has 2 unspecified atom stereocenters. The van der Waals surface area contributed by atoms with Gasteiger partial charge in [-0.1, -0.05) is 12.8 Å². The predicted octanol–water partition coefficient (Wildman–Crippen LogP) is 2.60.